The van der Waals surface area contributed by atoms with Gasteiger partial charge in [-0.2, -0.15) is 0 Å². The third kappa shape index (κ3) is 6.32. The summed E-state index contributed by atoms with van der Waals surface area (Å²) in [5, 5.41) is 3.43. The van der Waals surface area contributed by atoms with Gasteiger partial charge in [0.05, 0.1) is 10.8 Å². The third-order valence-corrected chi connectivity index (χ3v) is 5.47. The van der Waals surface area contributed by atoms with Crippen LogP contribution in [0.25, 0.3) is 0 Å². The molecular weight excluding hydrogens is 313 g/mol. The van der Waals surface area contributed by atoms with Gasteiger partial charge in [-0.25, -0.2) is 12.8 Å². The van der Waals surface area contributed by atoms with E-state index in [1.807, 2.05) is 6.92 Å². The van der Waals surface area contributed by atoms with Gasteiger partial charge in [-0.05, 0) is 43.5 Å². The van der Waals surface area contributed by atoms with Crippen LogP contribution >= 0.6 is 11.6 Å². The van der Waals surface area contributed by atoms with E-state index in [0.717, 1.165) is 18.5 Å². The van der Waals surface area contributed by atoms with Gasteiger partial charge in [0.1, 0.15) is 15.7 Å². The maximum Gasteiger partial charge on any atom is 0.150 e. The van der Waals surface area contributed by atoms with Crippen LogP contribution in [0.5, 0.6) is 0 Å². The maximum absolute atomic E-state index is 13.6. The van der Waals surface area contributed by atoms with Crippen molar-refractivity contribution in [2.75, 3.05) is 18.1 Å². The van der Waals surface area contributed by atoms with E-state index >= 15 is 0 Å². The fraction of sp³-hybridized carbons (Fsp3) is 0.600. The van der Waals surface area contributed by atoms with Crippen LogP contribution in [-0.2, 0) is 9.84 Å². The summed E-state index contributed by atoms with van der Waals surface area (Å²) in [7, 11) is -2.96. The number of hydrogen-bond donors (Lipinski definition) is 1. The Labute approximate surface area is 131 Å². The highest BCUT2D eigenvalue weighted by molar-refractivity contribution is 7.91. The molecule has 0 radical (unpaired) electrons. The second-order valence-electron chi connectivity index (χ2n) is 5.06. The normalized spacial score (nSPS) is 13.3. The maximum atomic E-state index is 13.6. The number of sulfone groups is 1. The van der Waals surface area contributed by atoms with E-state index in [1.165, 1.54) is 12.1 Å². The lowest BCUT2D eigenvalue weighted by Gasteiger charge is -2.19. The van der Waals surface area contributed by atoms with Crippen molar-refractivity contribution in [3.05, 3.63) is 34.6 Å². The SMILES string of the molecule is CCCNC(CCCS(=O)(=O)CC)c1ccc(Cl)c(F)c1. The summed E-state index contributed by atoms with van der Waals surface area (Å²) in [6, 6.07) is 4.69. The molecule has 0 saturated carbocycles. The zero-order valence-corrected chi connectivity index (χ0v) is 14.1. The van der Waals surface area contributed by atoms with Crippen molar-refractivity contribution in [2.45, 2.75) is 39.2 Å². The molecule has 120 valence electrons. The lowest BCUT2D eigenvalue weighted by molar-refractivity contribution is 0.489. The Morgan fingerprint density at radius 1 is 1.33 bits per heavy atom. The Kier molecular flexibility index (Phi) is 7.63. The first-order chi connectivity index (χ1) is 9.89. The van der Waals surface area contributed by atoms with E-state index in [1.54, 1.807) is 13.0 Å². The number of rotatable bonds is 9. The molecular formula is C15H23ClFNO2S. The second kappa shape index (κ2) is 8.71. The first-order valence-electron chi connectivity index (χ1n) is 7.28. The van der Waals surface area contributed by atoms with Crippen molar-refractivity contribution < 1.29 is 12.8 Å². The summed E-state index contributed by atoms with van der Waals surface area (Å²) in [6.07, 6.45) is 2.17. The van der Waals surface area contributed by atoms with Gasteiger partial charge in [0.15, 0.2) is 0 Å². The molecule has 0 heterocycles. The van der Waals surface area contributed by atoms with Crippen molar-refractivity contribution in [3.8, 4) is 0 Å². The first-order valence-corrected chi connectivity index (χ1v) is 9.48. The van der Waals surface area contributed by atoms with Gasteiger partial charge in [-0.15, -0.1) is 0 Å². The van der Waals surface area contributed by atoms with E-state index in [4.69, 9.17) is 11.6 Å². The topological polar surface area (TPSA) is 46.2 Å². The van der Waals surface area contributed by atoms with E-state index in [0.29, 0.717) is 12.8 Å². The van der Waals surface area contributed by atoms with Crippen molar-refractivity contribution in [1.29, 1.82) is 0 Å². The minimum Gasteiger partial charge on any atom is -0.310 e. The van der Waals surface area contributed by atoms with Crippen LogP contribution in [0.1, 0.15) is 44.7 Å². The molecule has 0 aliphatic rings. The summed E-state index contributed by atoms with van der Waals surface area (Å²) in [5.41, 5.74) is 0.805. The van der Waals surface area contributed by atoms with E-state index in [9.17, 15) is 12.8 Å². The largest absolute Gasteiger partial charge is 0.310 e. The van der Waals surface area contributed by atoms with Crippen LogP contribution in [-0.4, -0.2) is 26.5 Å². The van der Waals surface area contributed by atoms with Gasteiger partial charge < -0.3 is 5.32 Å². The summed E-state index contributed by atoms with van der Waals surface area (Å²) >= 11 is 5.70. The molecule has 6 heteroatoms. The van der Waals surface area contributed by atoms with Crippen molar-refractivity contribution in [2.24, 2.45) is 0 Å². The Morgan fingerprint density at radius 3 is 2.62 bits per heavy atom. The summed E-state index contributed by atoms with van der Waals surface area (Å²) in [6.45, 7) is 4.50. The highest BCUT2D eigenvalue weighted by atomic mass is 35.5. The number of nitrogens with one attached hydrogen (secondary N) is 1. The van der Waals surface area contributed by atoms with Crippen LogP contribution < -0.4 is 5.32 Å². The van der Waals surface area contributed by atoms with Gasteiger partial charge in [-0.1, -0.05) is 31.5 Å². The molecule has 1 atom stereocenters. The molecule has 1 aromatic carbocycles. The fourth-order valence-electron chi connectivity index (χ4n) is 2.09. The van der Waals surface area contributed by atoms with Gasteiger partial charge in [0, 0.05) is 11.8 Å². The second-order valence-corrected chi connectivity index (χ2v) is 7.94. The van der Waals surface area contributed by atoms with Gasteiger partial charge in [0.2, 0.25) is 0 Å². The zero-order valence-electron chi connectivity index (χ0n) is 12.5. The van der Waals surface area contributed by atoms with Crippen molar-refractivity contribution in [1.82, 2.24) is 5.32 Å². The molecule has 1 N–H and O–H groups in total. The zero-order chi connectivity index (χ0) is 15.9. The average molecular weight is 336 g/mol. The van der Waals surface area contributed by atoms with E-state index in [-0.39, 0.29) is 22.6 Å². The minimum absolute atomic E-state index is 0.0521. The summed E-state index contributed by atoms with van der Waals surface area (Å²) in [4.78, 5) is 0. The van der Waals surface area contributed by atoms with Crippen LogP contribution in [0.3, 0.4) is 0 Å². The molecule has 0 aliphatic carbocycles. The monoisotopic (exact) mass is 335 g/mol. The molecule has 1 aromatic rings. The van der Waals surface area contributed by atoms with E-state index < -0.39 is 15.7 Å². The molecule has 21 heavy (non-hydrogen) atoms. The van der Waals surface area contributed by atoms with Crippen molar-refractivity contribution in [3.63, 3.8) is 0 Å². The fourth-order valence-corrected chi connectivity index (χ4v) is 3.10. The third-order valence-electron chi connectivity index (χ3n) is 3.37. The number of benzene rings is 1. The van der Waals surface area contributed by atoms with E-state index in [2.05, 4.69) is 5.32 Å². The van der Waals surface area contributed by atoms with Crippen molar-refractivity contribution >= 4 is 21.4 Å². The van der Waals surface area contributed by atoms with Crippen LogP contribution in [0.15, 0.2) is 18.2 Å². The van der Waals surface area contributed by atoms with Gasteiger partial charge in [-0.3, -0.25) is 0 Å². The molecule has 3 nitrogen and oxygen atoms in total. The molecule has 1 rings (SSSR count). The molecule has 0 aromatic heterocycles. The molecule has 0 aliphatic heterocycles. The molecule has 0 amide bonds. The molecule has 0 spiro atoms. The Hall–Kier alpha value is -0.650. The highest BCUT2D eigenvalue weighted by Crippen LogP contribution is 2.23. The molecule has 0 bridgehead atoms. The smallest absolute Gasteiger partial charge is 0.150 e. The molecule has 1 unspecified atom stereocenters. The minimum atomic E-state index is -2.96. The summed E-state index contributed by atoms with van der Waals surface area (Å²) in [5.74, 6) is -0.113. The lowest BCUT2D eigenvalue weighted by Crippen LogP contribution is -2.23. The Bertz CT molecular complexity index is 549. The quantitative estimate of drug-likeness (QED) is 0.747. The highest BCUT2D eigenvalue weighted by Gasteiger charge is 2.15. The Balaban J connectivity index is 2.73. The molecule has 0 saturated heterocycles. The predicted octanol–water partition coefficient (Wildman–Crippen LogP) is 3.73. The first kappa shape index (κ1) is 18.4. The Morgan fingerprint density at radius 2 is 2.05 bits per heavy atom. The standard InChI is InChI=1S/C15H23ClFNO2S/c1-3-9-18-15(6-5-10-21(19,20)4-2)12-7-8-13(16)14(17)11-12/h7-8,11,15,18H,3-6,9-10H2,1-2H3. The molecule has 0 fully saturated rings. The summed E-state index contributed by atoms with van der Waals surface area (Å²) < 4.78 is 36.6. The average Bonchev–Trinajstić information content (AvgIpc) is 2.45. The van der Waals surface area contributed by atoms with Crippen LogP contribution in [0.2, 0.25) is 5.02 Å². The van der Waals surface area contributed by atoms with Gasteiger partial charge in [0.25, 0.3) is 0 Å². The lowest BCUT2D eigenvalue weighted by atomic mass is 10.0. The van der Waals surface area contributed by atoms with Gasteiger partial charge >= 0.3 is 0 Å². The predicted molar refractivity (Wildman–Crippen MR) is 86.0 cm³/mol. The van der Waals surface area contributed by atoms with Crippen LogP contribution in [0, 0.1) is 5.82 Å². The number of halogens is 2. The van der Waals surface area contributed by atoms with Crippen LogP contribution in [0.4, 0.5) is 4.39 Å². The number of hydrogen-bond acceptors (Lipinski definition) is 3.